The molecule has 194 valence electrons. The Balaban J connectivity index is 1.75. The van der Waals surface area contributed by atoms with Crippen LogP contribution in [0, 0.1) is 11.3 Å². The van der Waals surface area contributed by atoms with Gasteiger partial charge in [-0.2, -0.15) is 0 Å². The summed E-state index contributed by atoms with van der Waals surface area (Å²) >= 11 is 0. The number of rotatable bonds is 7. The molecule has 1 aliphatic rings. The number of carbonyl (C=O) groups is 2. The van der Waals surface area contributed by atoms with Crippen LogP contribution in [0.15, 0.2) is 54.6 Å². The van der Waals surface area contributed by atoms with Gasteiger partial charge in [-0.15, -0.1) is 0 Å². The van der Waals surface area contributed by atoms with E-state index in [9.17, 15) is 9.59 Å². The third-order valence-electron chi connectivity index (χ3n) is 6.92. The van der Waals surface area contributed by atoms with Gasteiger partial charge in [-0.3, -0.25) is 4.79 Å². The van der Waals surface area contributed by atoms with Crippen LogP contribution < -0.4 is 0 Å². The van der Waals surface area contributed by atoms with E-state index < -0.39 is 11.5 Å². The number of benzene rings is 2. The van der Waals surface area contributed by atoms with E-state index in [1.807, 2.05) is 39.8 Å². The molecule has 2 aromatic carbocycles. The number of hydrogen-bond acceptors (Lipinski definition) is 4. The van der Waals surface area contributed by atoms with Gasteiger partial charge >= 0.3 is 11.9 Å². The third kappa shape index (κ3) is 7.56. The second kappa shape index (κ2) is 11.5. The SMILES string of the molecule is CCOC(=O)[C@H](Cc1ccc(C(=O)OC(C)(C)C)cc1)c1ccc(C2=CC[C@H](C(C)(C)C)CC2)cc1. The third-order valence-corrected chi connectivity index (χ3v) is 6.92. The highest BCUT2D eigenvalue weighted by Gasteiger charge is 2.27. The maximum absolute atomic E-state index is 12.9. The van der Waals surface area contributed by atoms with Gasteiger partial charge in [-0.05, 0) is 99.1 Å². The Kier molecular flexibility index (Phi) is 8.81. The molecule has 4 heteroatoms. The molecule has 0 amide bonds. The summed E-state index contributed by atoms with van der Waals surface area (Å²) in [6.45, 7) is 14.7. The van der Waals surface area contributed by atoms with Crippen LogP contribution in [0.5, 0.6) is 0 Å². The average Bonchev–Trinajstić information content (AvgIpc) is 2.81. The van der Waals surface area contributed by atoms with Gasteiger partial charge in [-0.25, -0.2) is 4.79 Å². The van der Waals surface area contributed by atoms with Crippen LogP contribution in [-0.2, 0) is 20.7 Å². The van der Waals surface area contributed by atoms with Crippen molar-refractivity contribution >= 4 is 17.5 Å². The summed E-state index contributed by atoms with van der Waals surface area (Å²) in [4.78, 5) is 25.2. The van der Waals surface area contributed by atoms with Crippen LogP contribution in [-0.4, -0.2) is 24.1 Å². The Morgan fingerprint density at radius 2 is 1.58 bits per heavy atom. The van der Waals surface area contributed by atoms with Crippen molar-refractivity contribution in [3.8, 4) is 0 Å². The van der Waals surface area contributed by atoms with E-state index in [4.69, 9.17) is 9.47 Å². The van der Waals surface area contributed by atoms with Gasteiger partial charge in [0.15, 0.2) is 0 Å². The average molecular weight is 491 g/mol. The zero-order chi connectivity index (χ0) is 26.5. The molecule has 0 heterocycles. The van der Waals surface area contributed by atoms with Crippen molar-refractivity contribution in [3.63, 3.8) is 0 Å². The summed E-state index contributed by atoms with van der Waals surface area (Å²) in [6.07, 6.45) is 6.31. The molecule has 0 radical (unpaired) electrons. The minimum Gasteiger partial charge on any atom is -0.466 e. The highest BCUT2D eigenvalue weighted by atomic mass is 16.6. The maximum atomic E-state index is 12.9. The lowest BCUT2D eigenvalue weighted by atomic mass is 9.72. The lowest BCUT2D eigenvalue weighted by Crippen LogP contribution is -2.23. The molecule has 0 spiro atoms. The summed E-state index contributed by atoms with van der Waals surface area (Å²) in [7, 11) is 0. The van der Waals surface area contributed by atoms with Gasteiger partial charge < -0.3 is 9.47 Å². The van der Waals surface area contributed by atoms with E-state index in [-0.39, 0.29) is 11.9 Å². The van der Waals surface area contributed by atoms with E-state index in [1.165, 1.54) is 17.6 Å². The van der Waals surface area contributed by atoms with Gasteiger partial charge in [0.1, 0.15) is 5.60 Å². The fourth-order valence-electron chi connectivity index (χ4n) is 4.74. The molecule has 3 rings (SSSR count). The zero-order valence-electron chi connectivity index (χ0n) is 23.0. The Bertz CT molecular complexity index is 1060. The molecule has 2 aromatic rings. The maximum Gasteiger partial charge on any atom is 0.338 e. The lowest BCUT2D eigenvalue weighted by molar-refractivity contribution is -0.144. The normalized spacial score (nSPS) is 17.2. The Morgan fingerprint density at radius 1 is 0.944 bits per heavy atom. The van der Waals surface area contributed by atoms with Crippen molar-refractivity contribution < 1.29 is 19.1 Å². The number of ether oxygens (including phenoxy) is 2. The molecule has 36 heavy (non-hydrogen) atoms. The predicted octanol–water partition coefficient (Wildman–Crippen LogP) is 7.76. The molecule has 0 bridgehead atoms. The standard InChI is InChI=1S/C32H42O4/c1-8-35-30(34)28(21-22-9-11-26(12-10-22)29(33)36-32(5,6)7)25-15-13-23(14-16-25)24-17-19-27(20-18-24)31(2,3)4/h9-17,27-28H,8,18-21H2,1-7H3/t27-,28+/m0/s1. The van der Waals surface area contributed by atoms with Crippen LogP contribution >= 0.6 is 0 Å². The molecule has 0 saturated heterocycles. The Labute approximate surface area is 217 Å². The van der Waals surface area contributed by atoms with Gasteiger partial charge in [0, 0.05) is 0 Å². The quantitative estimate of drug-likeness (QED) is 0.372. The summed E-state index contributed by atoms with van der Waals surface area (Å²) in [5, 5.41) is 0. The largest absolute Gasteiger partial charge is 0.466 e. The summed E-state index contributed by atoms with van der Waals surface area (Å²) in [5.74, 6) is -0.267. The van der Waals surface area contributed by atoms with Crippen LogP contribution in [0.3, 0.4) is 0 Å². The van der Waals surface area contributed by atoms with E-state index in [0.29, 0.717) is 24.0 Å². The zero-order valence-corrected chi connectivity index (χ0v) is 23.0. The van der Waals surface area contributed by atoms with Crippen molar-refractivity contribution in [1.82, 2.24) is 0 Å². The number of allylic oxidation sites excluding steroid dienone is 2. The second-order valence-corrected chi connectivity index (χ2v) is 11.9. The molecule has 0 aliphatic heterocycles. The molecule has 0 aromatic heterocycles. The summed E-state index contributed by atoms with van der Waals surface area (Å²) in [5.41, 5.74) is 4.83. The highest BCUT2D eigenvalue weighted by molar-refractivity contribution is 5.89. The second-order valence-electron chi connectivity index (χ2n) is 11.9. The van der Waals surface area contributed by atoms with Gasteiger partial charge in [0.25, 0.3) is 0 Å². The topological polar surface area (TPSA) is 52.6 Å². The predicted molar refractivity (Wildman–Crippen MR) is 146 cm³/mol. The first-order chi connectivity index (χ1) is 16.9. The minimum absolute atomic E-state index is 0.230. The summed E-state index contributed by atoms with van der Waals surface area (Å²) in [6, 6.07) is 15.7. The van der Waals surface area contributed by atoms with Crippen LogP contribution in [0.2, 0.25) is 0 Å². The molecule has 0 N–H and O–H groups in total. The Morgan fingerprint density at radius 3 is 2.08 bits per heavy atom. The minimum atomic E-state index is -0.543. The number of hydrogen-bond donors (Lipinski definition) is 0. The molecular weight excluding hydrogens is 448 g/mol. The first-order valence-electron chi connectivity index (χ1n) is 13.2. The van der Waals surface area contributed by atoms with E-state index >= 15 is 0 Å². The molecule has 2 atom stereocenters. The molecule has 0 saturated carbocycles. The number of carbonyl (C=O) groups excluding carboxylic acids is 2. The molecule has 0 unspecified atom stereocenters. The fourth-order valence-corrected chi connectivity index (χ4v) is 4.74. The van der Waals surface area contributed by atoms with Crippen LogP contribution in [0.25, 0.3) is 5.57 Å². The van der Waals surface area contributed by atoms with Crippen molar-refractivity contribution in [1.29, 1.82) is 0 Å². The van der Waals surface area contributed by atoms with E-state index in [2.05, 4.69) is 51.1 Å². The monoisotopic (exact) mass is 490 g/mol. The lowest BCUT2D eigenvalue weighted by Gasteiger charge is -2.33. The van der Waals surface area contributed by atoms with Gasteiger partial charge in [0.2, 0.25) is 0 Å². The van der Waals surface area contributed by atoms with Crippen molar-refractivity contribution in [2.24, 2.45) is 11.3 Å². The van der Waals surface area contributed by atoms with Gasteiger partial charge in [0.05, 0.1) is 18.1 Å². The number of esters is 2. The van der Waals surface area contributed by atoms with Crippen LogP contribution in [0.4, 0.5) is 0 Å². The van der Waals surface area contributed by atoms with E-state index in [1.54, 1.807) is 12.1 Å². The van der Waals surface area contributed by atoms with Crippen molar-refractivity contribution in [2.75, 3.05) is 6.61 Å². The highest BCUT2D eigenvalue weighted by Crippen LogP contribution is 2.39. The Hall–Kier alpha value is -2.88. The van der Waals surface area contributed by atoms with E-state index in [0.717, 1.165) is 29.9 Å². The fraction of sp³-hybridized carbons (Fsp3) is 0.500. The molecule has 4 nitrogen and oxygen atoms in total. The van der Waals surface area contributed by atoms with Crippen molar-refractivity contribution in [2.45, 2.75) is 85.7 Å². The van der Waals surface area contributed by atoms with Crippen molar-refractivity contribution in [3.05, 3.63) is 76.9 Å². The molecular formula is C32H42O4. The van der Waals surface area contributed by atoms with Gasteiger partial charge in [-0.1, -0.05) is 63.2 Å². The smallest absolute Gasteiger partial charge is 0.338 e. The summed E-state index contributed by atoms with van der Waals surface area (Å²) < 4.78 is 10.9. The molecule has 1 aliphatic carbocycles. The first-order valence-corrected chi connectivity index (χ1v) is 13.2. The first kappa shape index (κ1) is 27.7. The molecule has 0 fully saturated rings. The van der Waals surface area contributed by atoms with Crippen LogP contribution in [0.1, 0.15) is 101 Å².